The summed E-state index contributed by atoms with van der Waals surface area (Å²) in [6.45, 7) is 0.684. The van der Waals surface area contributed by atoms with E-state index in [0.717, 1.165) is 23.6 Å². The quantitative estimate of drug-likeness (QED) is 0.839. The molecule has 17 heavy (non-hydrogen) atoms. The van der Waals surface area contributed by atoms with Crippen LogP contribution in [0.15, 0.2) is 36.4 Å². The monoisotopic (exact) mass is 229 g/mol. The summed E-state index contributed by atoms with van der Waals surface area (Å²) in [6.07, 6.45) is 3.55. The van der Waals surface area contributed by atoms with Crippen molar-refractivity contribution in [2.45, 2.75) is 24.7 Å². The number of hydrogen-bond donors (Lipinski definition) is 1. The van der Waals surface area contributed by atoms with Crippen molar-refractivity contribution in [3.05, 3.63) is 47.8 Å². The standard InChI is InChI=1S/C15H16FN/c16-12-5-6-13-11(9-12)3-1-4-14(13)15(10-17)7-2-8-15/h1,3-6,9H,2,7-8,10,17H2. The molecule has 2 aromatic carbocycles. The fourth-order valence-corrected chi connectivity index (χ4v) is 2.90. The lowest BCUT2D eigenvalue weighted by molar-refractivity contribution is 0.255. The highest BCUT2D eigenvalue weighted by atomic mass is 19.1. The molecule has 88 valence electrons. The van der Waals surface area contributed by atoms with Crippen molar-refractivity contribution in [3.63, 3.8) is 0 Å². The Morgan fingerprint density at radius 1 is 1.18 bits per heavy atom. The van der Waals surface area contributed by atoms with Crippen LogP contribution in [0.25, 0.3) is 10.8 Å². The van der Waals surface area contributed by atoms with Crippen molar-refractivity contribution in [2.75, 3.05) is 6.54 Å². The van der Waals surface area contributed by atoms with E-state index < -0.39 is 0 Å². The van der Waals surface area contributed by atoms with Gasteiger partial charge in [0.2, 0.25) is 0 Å². The predicted molar refractivity (Wildman–Crippen MR) is 68.5 cm³/mol. The maximum Gasteiger partial charge on any atom is 0.123 e. The topological polar surface area (TPSA) is 26.0 Å². The van der Waals surface area contributed by atoms with Crippen LogP contribution in [0.3, 0.4) is 0 Å². The molecule has 0 radical (unpaired) electrons. The van der Waals surface area contributed by atoms with Gasteiger partial charge in [-0.15, -0.1) is 0 Å². The van der Waals surface area contributed by atoms with Crippen LogP contribution in [0.1, 0.15) is 24.8 Å². The first-order valence-electron chi connectivity index (χ1n) is 6.14. The van der Waals surface area contributed by atoms with Gasteiger partial charge in [-0.05, 0) is 41.3 Å². The Hall–Kier alpha value is -1.41. The molecule has 1 aliphatic carbocycles. The SMILES string of the molecule is NCC1(c2cccc3cc(F)ccc23)CCC1. The molecular formula is C15H16FN. The highest BCUT2D eigenvalue weighted by Crippen LogP contribution is 2.45. The van der Waals surface area contributed by atoms with Crippen molar-refractivity contribution in [2.24, 2.45) is 5.73 Å². The second-order valence-electron chi connectivity index (χ2n) is 5.01. The third kappa shape index (κ3) is 1.55. The van der Waals surface area contributed by atoms with Gasteiger partial charge in [-0.2, -0.15) is 0 Å². The Morgan fingerprint density at radius 3 is 2.65 bits per heavy atom. The van der Waals surface area contributed by atoms with Crippen LogP contribution in [0.2, 0.25) is 0 Å². The molecule has 0 spiro atoms. The second-order valence-corrected chi connectivity index (χ2v) is 5.01. The first-order valence-corrected chi connectivity index (χ1v) is 6.14. The van der Waals surface area contributed by atoms with E-state index in [9.17, 15) is 4.39 Å². The molecular weight excluding hydrogens is 213 g/mol. The Morgan fingerprint density at radius 2 is 2.00 bits per heavy atom. The number of rotatable bonds is 2. The van der Waals surface area contributed by atoms with Crippen LogP contribution in [0.4, 0.5) is 4.39 Å². The van der Waals surface area contributed by atoms with Crippen LogP contribution >= 0.6 is 0 Å². The second kappa shape index (κ2) is 3.81. The van der Waals surface area contributed by atoms with E-state index in [0.29, 0.717) is 6.54 Å². The number of fused-ring (bicyclic) bond motifs is 1. The average molecular weight is 229 g/mol. The van der Waals surface area contributed by atoms with Gasteiger partial charge < -0.3 is 5.73 Å². The molecule has 0 aliphatic heterocycles. The molecule has 0 atom stereocenters. The van der Waals surface area contributed by atoms with Crippen molar-refractivity contribution < 1.29 is 4.39 Å². The van der Waals surface area contributed by atoms with E-state index in [1.54, 1.807) is 6.07 Å². The molecule has 0 aromatic heterocycles. The zero-order valence-electron chi connectivity index (χ0n) is 9.75. The molecule has 3 rings (SSSR count). The normalized spacial score (nSPS) is 18.0. The van der Waals surface area contributed by atoms with Gasteiger partial charge in [0.1, 0.15) is 5.82 Å². The Labute approximate surface area is 100 Å². The van der Waals surface area contributed by atoms with E-state index in [2.05, 4.69) is 6.07 Å². The summed E-state index contributed by atoms with van der Waals surface area (Å²) in [5, 5.41) is 2.13. The highest BCUT2D eigenvalue weighted by Gasteiger charge is 2.38. The molecule has 1 aliphatic rings. The van der Waals surface area contributed by atoms with E-state index in [-0.39, 0.29) is 11.2 Å². The first kappa shape index (κ1) is 10.7. The van der Waals surface area contributed by atoms with Crippen LogP contribution in [-0.4, -0.2) is 6.54 Å². The van der Waals surface area contributed by atoms with Crippen molar-refractivity contribution in [3.8, 4) is 0 Å². The van der Waals surface area contributed by atoms with Crippen molar-refractivity contribution in [1.82, 2.24) is 0 Å². The zero-order valence-corrected chi connectivity index (χ0v) is 9.75. The molecule has 1 saturated carbocycles. The molecule has 1 nitrogen and oxygen atoms in total. The van der Waals surface area contributed by atoms with Gasteiger partial charge in [0.05, 0.1) is 0 Å². The number of nitrogens with two attached hydrogens (primary N) is 1. The molecule has 0 saturated heterocycles. The van der Waals surface area contributed by atoms with Crippen LogP contribution < -0.4 is 5.73 Å². The molecule has 0 bridgehead atoms. The van der Waals surface area contributed by atoms with Gasteiger partial charge in [0, 0.05) is 12.0 Å². The molecule has 0 heterocycles. The highest BCUT2D eigenvalue weighted by molar-refractivity contribution is 5.87. The summed E-state index contributed by atoms with van der Waals surface area (Å²) in [5.41, 5.74) is 7.38. The molecule has 0 amide bonds. The van der Waals surface area contributed by atoms with Gasteiger partial charge in [-0.1, -0.05) is 30.7 Å². The first-order chi connectivity index (χ1) is 8.25. The van der Waals surface area contributed by atoms with E-state index >= 15 is 0 Å². The van der Waals surface area contributed by atoms with Gasteiger partial charge in [0.15, 0.2) is 0 Å². The lowest BCUT2D eigenvalue weighted by Crippen LogP contribution is -2.41. The Kier molecular flexibility index (Phi) is 2.40. The lowest BCUT2D eigenvalue weighted by Gasteiger charge is -2.42. The largest absolute Gasteiger partial charge is 0.330 e. The molecule has 2 heteroatoms. The van der Waals surface area contributed by atoms with E-state index in [1.807, 2.05) is 18.2 Å². The predicted octanol–water partition coefficient (Wildman–Crippen LogP) is 3.36. The summed E-state index contributed by atoms with van der Waals surface area (Å²) in [7, 11) is 0. The van der Waals surface area contributed by atoms with Gasteiger partial charge in [-0.25, -0.2) is 4.39 Å². The summed E-state index contributed by atoms with van der Waals surface area (Å²) >= 11 is 0. The van der Waals surface area contributed by atoms with Crippen molar-refractivity contribution in [1.29, 1.82) is 0 Å². The van der Waals surface area contributed by atoms with Crippen LogP contribution in [-0.2, 0) is 5.41 Å². The van der Waals surface area contributed by atoms with Gasteiger partial charge in [-0.3, -0.25) is 0 Å². The summed E-state index contributed by atoms with van der Waals surface area (Å²) < 4.78 is 13.2. The van der Waals surface area contributed by atoms with Crippen LogP contribution in [0, 0.1) is 5.82 Å². The Balaban J connectivity index is 2.23. The fraction of sp³-hybridized carbons (Fsp3) is 0.333. The maximum atomic E-state index is 13.2. The van der Waals surface area contributed by atoms with Crippen molar-refractivity contribution >= 4 is 10.8 Å². The maximum absolute atomic E-state index is 13.2. The Bertz CT molecular complexity index is 552. The van der Waals surface area contributed by atoms with Crippen LogP contribution in [0.5, 0.6) is 0 Å². The van der Waals surface area contributed by atoms with Gasteiger partial charge in [0.25, 0.3) is 0 Å². The number of hydrogen-bond acceptors (Lipinski definition) is 1. The molecule has 0 unspecified atom stereocenters. The summed E-state index contributed by atoms with van der Waals surface area (Å²) in [5.74, 6) is -0.176. The summed E-state index contributed by atoms with van der Waals surface area (Å²) in [4.78, 5) is 0. The number of halogens is 1. The number of benzene rings is 2. The third-order valence-electron chi connectivity index (χ3n) is 4.12. The van der Waals surface area contributed by atoms with E-state index in [4.69, 9.17) is 5.73 Å². The summed E-state index contributed by atoms with van der Waals surface area (Å²) in [6, 6.07) is 11.1. The third-order valence-corrected chi connectivity index (χ3v) is 4.12. The minimum Gasteiger partial charge on any atom is -0.330 e. The molecule has 2 N–H and O–H groups in total. The fourth-order valence-electron chi connectivity index (χ4n) is 2.90. The lowest BCUT2D eigenvalue weighted by atomic mass is 9.63. The van der Waals surface area contributed by atoms with E-state index in [1.165, 1.54) is 18.1 Å². The zero-order chi connectivity index (χ0) is 11.9. The average Bonchev–Trinajstić information content (AvgIpc) is 2.28. The molecule has 2 aromatic rings. The molecule has 1 fully saturated rings. The minimum absolute atomic E-state index is 0.136. The minimum atomic E-state index is -0.176. The smallest absolute Gasteiger partial charge is 0.123 e. The van der Waals surface area contributed by atoms with Gasteiger partial charge >= 0.3 is 0 Å².